The highest BCUT2D eigenvalue weighted by atomic mass is 16.5. The van der Waals surface area contributed by atoms with Crippen LogP contribution in [0.4, 0.5) is 0 Å². The van der Waals surface area contributed by atoms with Gasteiger partial charge in [0.1, 0.15) is 6.33 Å². The smallest absolute Gasteiger partial charge is 0.257 e. The summed E-state index contributed by atoms with van der Waals surface area (Å²) in [6.45, 7) is 1.21. The zero-order chi connectivity index (χ0) is 15.5. The fraction of sp³-hybridized carbons (Fsp3) is 0.312. The first kappa shape index (κ1) is 14.3. The van der Waals surface area contributed by atoms with Crippen molar-refractivity contribution in [3.63, 3.8) is 0 Å². The molecule has 1 aliphatic heterocycles. The van der Waals surface area contributed by atoms with Crippen LogP contribution < -0.4 is 9.47 Å². The summed E-state index contributed by atoms with van der Waals surface area (Å²) in [6.07, 6.45) is 5.29. The highest BCUT2D eigenvalue weighted by Gasteiger charge is 2.23. The fourth-order valence-corrected chi connectivity index (χ4v) is 2.65. The first-order valence-electron chi connectivity index (χ1n) is 7.01. The molecule has 0 bridgehead atoms. The lowest BCUT2D eigenvalue weighted by atomic mass is 9.98. The Hall–Kier alpha value is -2.63. The molecule has 0 fully saturated rings. The second-order valence-electron chi connectivity index (χ2n) is 5.08. The van der Waals surface area contributed by atoms with Gasteiger partial charge in [-0.15, -0.1) is 0 Å². The predicted molar refractivity (Wildman–Crippen MR) is 80.0 cm³/mol. The Balaban J connectivity index is 1.86. The highest BCUT2D eigenvalue weighted by molar-refractivity contribution is 5.93. The molecule has 0 N–H and O–H groups in total. The number of carbonyl (C=O) groups excluding carboxylic acids is 1. The Labute approximate surface area is 128 Å². The van der Waals surface area contributed by atoms with Gasteiger partial charge in [-0.1, -0.05) is 0 Å². The summed E-state index contributed by atoms with van der Waals surface area (Å²) in [5.41, 5.74) is 2.77. The molecule has 0 unspecified atom stereocenters. The number of nitrogens with zero attached hydrogens (tertiary/aromatic N) is 3. The highest BCUT2D eigenvalue weighted by Crippen LogP contribution is 2.33. The minimum atomic E-state index is -0.0546. The van der Waals surface area contributed by atoms with E-state index >= 15 is 0 Å². The van der Waals surface area contributed by atoms with E-state index in [1.165, 1.54) is 11.9 Å². The average molecular weight is 299 g/mol. The van der Waals surface area contributed by atoms with Gasteiger partial charge in [0.15, 0.2) is 11.5 Å². The number of hydrogen-bond acceptors (Lipinski definition) is 5. The van der Waals surface area contributed by atoms with Gasteiger partial charge >= 0.3 is 0 Å². The summed E-state index contributed by atoms with van der Waals surface area (Å²) >= 11 is 0. The fourth-order valence-electron chi connectivity index (χ4n) is 2.65. The minimum absolute atomic E-state index is 0.0546. The summed E-state index contributed by atoms with van der Waals surface area (Å²) in [7, 11) is 3.23. The van der Waals surface area contributed by atoms with E-state index < -0.39 is 0 Å². The molecule has 1 aliphatic rings. The molecule has 0 atom stereocenters. The van der Waals surface area contributed by atoms with Gasteiger partial charge in [-0.2, -0.15) is 0 Å². The molecule has 2 aromatic rings. The SMILES string of the molecule is COc1cc2c(cc1OC)CN(C(=O)c1cncnc1)CC2. The number of hydrogen-bond donors (Lipinski definition) is 0. The number of aromatic nitrogens is 2. The number of benzene rings is 1. The lowest BCUT2D eigenvalue weighted by molar-refractivity contribution is 0.0733. The molecule has 3 rings (SSSR count). The second kappa shape index (κ2) is 6.01. The molecule has 1 amide bonds. The Morgan fingerprint density at radius 3 is 2.36 bits per heavy atom. The third kappa shape index (κ3) is 2.59. The Bertz CT molecular complexity index is 689. The third-order valence-corrected chi connectivity index (χ3v) is 3.81. The van der Waals surface area contributed by atoms with Crippen molar-refractivity contribution >= 4 is 5.91 Å². The van der Waals surface area contributed by atoms with Crippen LogP contribution in [0, 0.1) is 0 Å². The van der Waals surface area contributed by atoms with E-state index in [4.69, 9.17) is 9.47 Å². The van der Waals surface area contributed by atoms with Gasteiger partial charge in [0.25, 0.3) is 5.91 Å². The summed E-state index contributed by atoms with van der Waals surface area (Å²) in [5.74, 6) is 1.34. The molecule has 1 aromatic carbocycles. The molecule has 0 saturated heterocycles. The molecule has 0 aliphatic carbocycles. The van der Waals surface area contributed by atoms with Crippen LogP contribution in [-0.4, -0.2) is 41.5 Å². The van der Waals surface area contributed by atoms with E-state index in [9.17, 15) is 4.79 Å². The molecule has 6 heteroatoms. The van der Waals surface area contributed by atoms with Crippen LogP contribution in [-0.2, 0) is 13.0 Å². The van der Waals surface area contributed by atoms with Gasteiger partial charge in [-0.25, -0.2) is 9.97 Å². The maximum absolute atomic E-state index is 12.5. The van der Waals surface area contributed by atoms with Crippen molar-refractivity contribution < 1.29 is 14.3 Å². The van der Waals surface area contributed by atoms with Crippen molar-refractivity contribution in [3.8, 4) is 11.5 Å². The van der Waals surface area contributed by atoms with Gasteiger partial charge in [0.2, 0.25) is 0 Å². The summed E-state index contributed by atoms with van der Waals surface area (Å²) < 4.78 is 10.7. The summed E-state index contributed by atoms with van der Waals surface area (Å²) in [6, 6.07) is 3.93. The van der Waals surface area contributed by atoms with E-state index in [2.05, 4.69) is 9.97 Å². The van der Waals surface area contributed by atoms with E-state index in [1.54, 1.807) is 31.5 Å². The zero-order valence-electron chi connectivity index (χ0n) is 12.6. The standard InChI is InChI=1S/C16H17N3O3/c1-21-14-5-11-3-4-19(9-12(11)6-15(14)22-2)16(20)13-7-17-10-18-8-13/h5-8,10H,3-4,9H2,1-2H3. The molecule has 0 saturated carbocycles. The average Bonchev–Trinajstić information content (AvgIpc) is 2.60. The van der Waals surface area contributed by atoms with Crippen molar-refractivity contribution in [1.29, 1.82) is 0 Å². The van der Waals surface area contributed by atoms with Crippen LogP contribution in [0.3, 0.4) is 0 Å². The molecular formula is C16H17N3O3. The van der Waals surface area contributed by atoms with E-state index in [0.717, 1.165) is 17.7 Å². The largest absolute Gasteiger partial charge is 0.493 e. The molecule has 1 aromatic heterocycles. The van der Waals surface area contributed by atoms with Crippen LogP contribution in [0.15, 0.2) is 30.9 Å². The minimum Gasteiger partial charge on any atom is -0.493 e. The van der Waals surface area contributed by atoms with Gasteiger partial charge in [0.05, 0.1) is 19.8 Å². The Morgan fingerprint density at radius 1 is 1.09 bits per heavy atom. The first-order valence-corrected chi connectivity index (χ1v) is 7.01. The number of carbonyl (C=O) groups is 1. The quantitative estimate of drug-likeness (QED) is 0.863. The Morgan fingerprint density at radius 2 is 1.73 bits per heavy atom. The van der Waals surface area contributed by atoms with Crippen molar-refractivity contribution in [2.24, 2.45) is 0 Å². The molecule has 0 spiro atoms. The van der Waals surface area contributed by atoms with Gasteiger partial charge in [-0.3, -0.25) is 4.79 Å². The first-order chi connectivity index (χ1) is 10.7. The van der Waals surface area contributed by atoms with E-state index in [1.807, 2.05) is 12.1 Å². The van der Waals surface area contributed by atoms with Crippen LogP contribution in [0.2, 0.25) is 0 Å². The van der Waals surface area contributed by atoms with Crippen molar-refractivity contribution in [1.82, 2.24) is 14.9 Å². The molecule has 22 heavy (non-hydrogen) atoms. The maximum atomic E-state index is 12.5. The number of amides is 1. The number of methoxy groups -OCH3 is 2. The summed E-state index contributed by atoms with van der Waals surface area (Å²) in [4.78, 5) is 22.1. The van der Waals surface area contributed by atoms with Gasteiger partial charge < -0.3 is 14.4 Å². The third-order valence-electron chi connectivity index (χ3n) is 3.81. The monoisotopic (exact) mass is 299 g/mol. The number of ether oxygens (including phenoxy) is 2. The predicted octanol–water partition coefficient (Wildman–Crippen LogP) is 1.69. The molecule has 0 radical (unpaired) electrons. The van der Waals surface area contributed by atoms with Gasteiger partial charge in [-0.05, 0) is 29.7 Å². The van der Waals surface area contributed by atoms with Crippen LogP contribution in [0.5, 0.6) is 11.5 Å². The van der Waals surface area contributed by atoms with Crippen molar-refractivity contribution in [2.75, 3.05) is 20.8 Å². The van der Waals surface area contributed by atoms with Crippen LogP contribution in [0.1, 0.15) is 21.5 Å². The lowest BCUT2D eigenvalue weighted by Gasteiger charge is -2.29. The molecule has 2 heterocycles. The second-order valence-corrected chi connectivity index (χ2v) is 5.08. The number of fused-ring (bicyclic) bond motifs is 1. The van der Waals surface area contributed by atoms with E-state index in [0.29, 0.717) is 24.4 Å². The zero-order valence-corrected chi connectivity index (χ0v) is 12.6. The van der Waals surface area contributed by atoms with Crippen LogP contribution >= 0.6 is 0 Å². The number of rotatable bonds is 3. The molecule has 6 nitrogen and oxygen atoms in total. The Kier molecular flexibility index (Phi) is 3.91. The summed E-state index contributed by atoms with van der Waals surface area (Å²) in [5, 5.41) is 0. The molecular weight excluding hydrogens is 282 g/mol. The van der Waals surface area contributed by atoms with Crippen molar-refractivity contribution in [2.45, 2.75) is 13.0 Å². The van der Waals surface area contributed by atoms with Gasteiger partial charge in [0, 0.05) is 25.5 Å². The van der Waals surface area contributed by atoms with Crippen molar-refractivity contribution in [3.05, 3.63) is 47.5 Å². The van der Waals surface area contributed by atoms with Crippen LogP contribution in [0.25, 0.3) is 0 Å². The maximum Gasteiger partial charge on any atom is 0.257 e. The lowest BCUT2D eigenvalue weighted by Crippen LogP contribution is -2.36. The molecule has 114 valence electrons. The topological polar surface area (TPSA) is 64.6 Å². The normalized spacial score (nSPS) is 13.5. The van der Waals surface area contributed by atoms with E-state index in [-0.39, 0.29) is 5.91 Å².